The minimum atomic E-state index is -0.197. The van der Waals surface area contributed by atoms with Crippen LogP contribution in [0.1, 0.15) is 24.6 Å². The third-order valence-electron chi connectivity index (χ3n) is 3.57. The van der Waals surface area contributed by atoms with Crippen LogP contribution in [0.25, 0.3) is 0 Å². The van der Waals surface area contributed by atoms with Crippen LogP contribution < -0.4 is 16.3 Å². The average molecular weight is 311 g/mol. The molecule has 7 nitrogen and oxygen atoms in total. The lowest BCUT2D eigenvalue weighted by atomic mass is 9.94. The highest BCUT2D eigenvalue weighted by atomic mass is 16.2. The fourth-order valence-corrected chi connectivity index (χ4v) is 2.50. The van der Waals surface area contributed by atoms with E-state index in [9.17, 15) is 9.59 Å². The summed E-state index contributed by atoms with van der Waals surface area (Å²) in [7, 11) is 0. The number of amides is 1. The fraction of sp³-hybridized carbons (Fsp3) is 0.250. The summed E-state index contributed by atoms with van der Waals surface area (Å²) in [5.41, 5.74) is 5.58. The van der Waals surface area contributed by atoms with Gasteiger partial charge in [0.1, 0.15) is 0 Å². The van der Waals surface area contributed by atoms with Crippen LogP contribution in [0.5, 0.6) is 0 Å². The minimum absolute atomic E-state index is 0.0611. The second-order valence-corrected chi connectivity index (χ2v) is 5.57. The molecule has 1 atom stereocenters. The molecule has 0 saturated carbocycles. The van der Waals surface area contributed by atoms with Crippen molar-refractivity contribution in [3.05, 3.63) is 51.9 Å². The van der Waals surface area contributed by atoms with Gasteiger partial charge in [-0.1, -0.05) is 19.1 Å². The zero-order valence-corrected chi connectivity index (χ0v) is 12.9. The number of carbonyl (C=O) groups is 1. The topological polar surface area (TPSA) is 99.2 Å². The molecule has 1 aromatic carbocycles. The number of hydrazone groups is 1. The Hall–Kier alpha value is -2.96. The first kappa shape index (κ1) is 15.0. The predicted molar refractivity (Wildman–Crippen MR) is 87.8 cm³/mol. The van der Waals surface area contributed by atoms with E-state index in [-0.39, 0.29) is 17.4 Å². The second kappa shape index (κ2) is 6.04. The molecule has 0 fully saturated rings. The van der Waals surface area contributed by atoms with Crippen molar-refractivity contribution in [3.63, 3.8) is 0 Å². The molecule has 0 saturated heterocycles. The largest absolute Gasteiger partial charge is 0.326 e. The van der Waals surface area contributed by atoms with E-state index < -0.39 is 0 Å². The molecule has 0 spiro atoms. The van der Waals surface area contributed by atoms with Crippen LogP contribution in [0, 0.1) is 12.8 Å². The molecule has 118 valence electrons. The highest BCUT2D eigenvalue weighted by molar-refractivity contribution is 6.05. The van der Waals surface area contributed by atoms with E-state index in [4.69, 9.17) is 0 Å². The molecule has 1 aliphatic rings. The number of rotatable bonds is 3. The monoisotopic (exact) mass is 311 g/mol. The van der Waals surface area contributed by atoms with Crippen molar-refractivity contribution in [3.8, 4) is 0 Å². The van der Waals surface area contributed by atoms with Crippen molar-refractivity contribution in [2.45, 2.75) is 20.3 Å². The second-order valence-electron chi connectivity index (χ2n) is 5.57. The Bertz CT molecular complexity index is 823. The van der Waals surface area contributed by atoms with Gasteiger partial charge in [0.05, 0.1) is 5.71 Å². The average Bonchev–Trinajstić information content (AvgIpc) is 2.47. The van der Waals surface area contributed by atoms with Gasteiger partial charge >= 0.3 is 0 Å². The molecule has 7 heteroatoms. The maximum absolute atomic E-state index is 11.4. The number of carbonyl (C=O) groups excluding carboxylic acids is 1. The van der Waals surface area contributed by atoms with Crippen molar-refractivity contribution in [2.24, 2.45) is 11.0 Å². The number of aryl methyl sites for hydroxylation is 1. The third-order valence-corrected chi connectivity index (χ3v) is 3.57. The molecule has 0 bridgehead atoms. The maximum Gasteiger partial charge on any atom is 0.252 e. The molecule has 1 aliphatic heterocycles. The lowest BCUT2D eigenvalue weighted by Gasteiger charge is -2.19. The van der Waals surface area contributed by atoms with E-state index in [1.807, 2.05) is 31.2 Å². The summed E-state index contributed by atoms with van der Waals surface area (Å²) in [5.74, 6) is 0.421. The predicted octanol–water partition coefficient (Wildman–Crippen LogP) is 1.68. The molecule has 2 aromatic rings. The van der Waals surface area contributed by atoms with Crippen LogP contribution in [0.2, 0.25) is 0 Å². The fourth-order valence-electron chi connectivity index (χ4n) is 2.50. The number of hydrogen-bond donors (Lipinski definition) is 3. The number of hydrogen-bond acceptors (Lipinski definition) is 5. The summed E-state index contributed by atoms with van der Waals surface area (Å²) in [6.07, 6.45) is 0.438. The normalized spacial score (nSPS) is 17.4. The van der Waals surface area contributed by atoms with E-state index in [1.165, 1.54) is 6.07 Å². The van der Waals surface area contributed by atoms with E-state index in [0.717, 1.165) is 17.0 Å². The maximum atomic E-state index is 11.4. The van der Waals surface area contributed by atoms with Crippen LogP contribution in [-0.2, 0) is 4.79 Å². The summed E-state index contributed by atoms with van der Waals surface area (Å²) in [5, 5.41) is 7.19. The Kier molecular flexibility index (Phi) is 3.92. The summed E-state index contributed by atoms with van der Waals surface area (Å²) >= 11 is 0. The van der Waals surface area contributed by atoms with E-state index in [2.05, 4.69) is 25.8 Å². The Morgan fingerprint density at radius 2 is 1.96 bits per heavy atom. The Morgan fingerprint density at radius 3 is 2.61 bits per heavy atom. The SMILES string of the molecule is Cc1cc(=O)[nH]c(Nc2ccc(C3=NNC(=O)CC3C)cc2)n1. The number of benzene rings is 1. The van der Waals surface area contributed by atoms with Gasteiger partial charge in [-0.25, -0.2) is 10.4 Å². The first-order valence-electron chi connectivity index (χ1n) is 7.33. The molecule has 2 heterocycles. The molecule has 3 N–H and O–H groups in total. The lowest BCUT2D eigenvalue weighted by Crippen LogP contribution is -2.31. The molecule has 1 unspecified atom stereocenters. The summed E-state index contributed by atoms with van der Waals surface area (Å²) in [6.45, 7) is 3.74. The van der Waals surface area contributed by atoms with Crippen LogP contribution in [0.15, 0.2) is 40.2 Å². The van der Waals surface area contributed by atoms with E-state index in [0.29, 0.717) is 18.1 Å². The van der Waals surface area contributed by atoms with Crippen LogP contribution >= 0.6 is 0 Å². The van der Waals surface area contributed by atoms with Gasteiger partial charge in [-0.15, -0.1) is 0 Å². The number of nitrogens with one attached hydrogen (secondary N) is 3. The van der Waals surface area contributed by atoms with Crippen molar-refractivity contribution in [2.75, 3.05) is 5.32 Å². The Balaban J connectivity index is 1.79. The zero-order chi connectivity index (χ0) is 16.4. The number of aromatic nitrogens is 2. The lowest BCUT2D eigenvalue weighted by molar-refractivity contribution is -0.121. The Morgan fingerprint density at radius 1 is 1.22 bits per heavy atom. The Labute approximate surface area is 132 Å². The highest BCUT2D eigenvalue weighted by Gasteiger charge is 2.21. The van der Waals surface area contributed by atoms with Crippen LogP contribution in [0.4, 0.5) is 11.6 Å². The highest BCUT2D eigenvalue weighted by Crippen LogP contribution is 2.19. The number of anilines is 2. The molecular formula is C16H17N5O2. The molecule has 0 aliphatic carbocycles. The van der Waals surface area contributed by atoms with Crippen LogP contribution in [0.3, 0.4) is 0 Å². The molecule has 3 rings (SSSR count). The molecule has 23 heavy (non-hydrogen) atoms. The van der Waals surface area contributed by atoms with Gasteiger partial charge in [0.15, 0.2) is 0 Å². The summed E-state index contributed by atoms with van der Waals surface area (Å²) < 4.78 is 0. The van der Waals surface area contributed by atoms with Crippen LogP contribution in [-0.4, -0.2) is 21.6 Å². The van der Waals surface area contributed by atoms with E-state index in [1.54, 1.807) is 6.92 Å². The van der Waals surface area contributed by atoms with Gasteiger partial charge in [-0.2, -0.15) is 5.10 Å². The van der Waals surface area contributed by atoms with Crippen molar-refractivity contribution < 1.29 is 4.79 Å². The summed E-state index contributed by atoms with van der Waals surface area (Å²) in [4.78, 5) is 29.6. The smallest absolute Gasteiger partial charge is 0.252 e. The van der Waals surface area contributed by atoms with Gasteiger partial charge in [-0.3, -0.25) is 14.6 Å². The van der Waals surface area contributed by atoms with Gasteiger partial charge in [0.25, 0.3) is 5.56 Å². The first-order valence-corrected chi connectivity index (χ1v) is 7.33. The van der Waals surface area contributed by atoms with Gasteiger partial charge in [-0.05, 0) is 24.6 Å². The molecule has 1 aromatic heterocycles. The molecule has 0 radical (unpaired) electrons. The standard InChI is InChI=1S/C16H17N5O2/c1-9-7-14(23)20-21-15(9)11-3-5-12(6-4-11)18-16-17-10(2)8-13(22)19-16/h3-6,8-9H,7H2,1-2H3,(H,20,23)(H2,17,18,19,22). The van der Waals surface area contributed by atoms with Gasteiger partial charge in [0, 0.05) is 29.8 Å². The summed E-state index contributed by atoms with van der Waals surface area (Å²) in [6, 6.07) is 9.03. The van der Waals surface area contributed by atoms with Crippen molar-refractivity contribution in [1.82, 2.24) is 15.4 Å². The number of H-pyrrole nitrogens is 1. The first-order chi connectivity index (χ1) is 11.0. The van der Waals surface area contributed by atoms with E-state index >= 15 is 0 Å². The zero-order valence-electron chi connectivity index (χ0n) is 12.9. The van der Waals surface area contributed by atoms with Crippen molar-refractivity contribution >= 4 is 23.3 Å². The van der Waals surface area contributed by atoms with Crippen molar-refractivity contribution in [1.29, 1.82) is 0 Å². The molecule has 1 amide bonds. The van der Waals surface area contributed by atoms with Gasteiger partial charge < -0.3 is 5.32 Å². The quantitative estimate of drug-likeness (QED) is 0.803. The minimum Gasteiger partial charge on any atom is -0.326 e. The van der Waals surface area contributed by atoms with Gasteiger partial charge in [0.2, 0.25) is 11.9 Å². The number of nitrogens with zero attached hydrogens (tertiary/aromatic N) is 2. The molecular weight excluding hydrogens is 294 g/mol. The third kappa shape index (κ3) is 3.45. The number of aromatic amines is 1.